The summed E-state index contributed by atoms with van der Waals surface area (Å²) in [4.78, 5) is 23.1. The Kier molecular flexibility index (Phi) is 8.66. The van der Waals surface area contributed by atoms with E-state index >= 15 is 0 Å². The van der Waals surface area contributed by atoms with Gasteiger partial charge in [0.25, 0.3) is 5.91 Å². The SMILES string of the molecule is CCCCOC(=O)C(CCCC)NC(=O)C(F)(F)C(F)(F)C(F)(F)F. The highest BCUT2D eigenvalue weighted by molar-refractivity contribution is 5.89. The molecule has 0 rings (SSSR count). The van der Waals surface area contributed by atoms with E-state index in [1.54, 1.807) is 13.8 Å². The van der Waals surface area contributed by atoms with E-state index in [0.717, 1.165) is 0 Å². The van der Waals surface area contributed by atoms with Crippen molar-refractivity contribution < 1.29 is 45.1 Å². The molecule has 0 saturated heterocycles. The topological polar surface area (TPSA) is 55.4 Å². The molecule has 1 atom stereocenters. The normalized spacial score (nSPS) is 14.1. The van der Waals surface area contributed by atoms with E-state index in [9.17, 15) is 40.3 Å². The van der Waals surface area contributed by atoms with Crippen molar-refractivity contribution in [1.82, 2.24) is 5.32 Å². The predicted molar refractivity (Wildman–Crippen MR) is 73.3 cm³/mol. The number of carbonyl (C=O) groups excluding carboxylic acids is 2. The van der Waals surface area contributed by atoms with E-state index in [2.05, 4.69) is 0 Å². The van der Waals surface area contributed by atoms with E-state index in [-0.39, 0.29) is 19.4 Å². The molecule has 4 nitrogen and oxygen atoms in total. The first kappa shape index (κ1) is 23.4. The Labute approximate surface area is 140 Å². The predicted octanol–water partition coefficient (Wildman–Crippen LogP) is 3.84. The van der Waals surface area contributed by atoms with Crippen LogP contribution in [0.4, 0.5) is 30.7 Å². The maximum atomic E-state index is 13.3. The molecule has 0 aromatic carbocycles. The molecule has 0 aromatic heterocycles. The molecule has 1 N–H and O–H groups in total. The number of alkyl halides is 7. The number of hydrogen-bond acceptors (Lipinski definition) is 3. The van der Waals surface area contributed by atoms with Gasteiger partial charge in [0.1, 0.15) is 6.04 Å². The summed E-state index contributed by atoms with van der Waals surface area (Å²) in [6.45, 7) is 3.33. The van der Waals surface area contributed by atoms with Crippen LogP contribution in [0.15, 0.2) is 0 Å². The fourth-order valence-electron chi connectivity index (χ4n) is 1.64. The third kappa shape index (κ3) is 6.03. The van der Waals surface area contributed by atoms with Crippen LogP contribution in [0.1, 0.15) is 46.0 Å². The van der Waals surface area contributed by atoms with Gasteiger partial charge in [-0.1, -0.05) is 33.1 Å². The molecule has 0 aliphatic carbocycles. The molecule has 0 aliphatic heterocycles. The summed E-state index contributed by atoms with van der Waals surface area (Å²) < 4.78 is 93.3. The van der Waals surface area contributed by atoms with Crippen LogP contribution in [-0.4, -0.2) is 42.5 Å². The number of unbranched alkanes of at least 4 members (excludes halogenated alkanes) is 2. The van der Waals surface area contributed by atoms with Crippen LogP contribution in [0.3, 0.4) is 0 Å². The number of nitrogens with one attached hydrogen (secondary N) is 1. The van der Waals surface area contributed by atoms with Gasteiger partial charge < -0.3 is 10.1 Å². The van der Waals surface area contributed by atoms with Gasteiger partial charge in [-0.2, -0.15) is 30.7 Å². The van der Waals surface area contributed by atoms with E-state index in [4.69, 9.17) is 4.74 Å². The van der Waals surface area contributed by atoms with Crippen LogP contribution < -0.4 is 5.32 Å². The molecule has 1 amide bonds. The lowest BCUT2D eigenvalue weighted by Gasteiger charge is -2.28. The van der Waals surface area contributed by atoms with Gasteiger partial charge in [0.15, 0.2) is 0 Å². The highest BCUT2D eigenvalue weighted by Crippen LogP contribution is 2.46. The zero-order valence-electron chi connectivity index (χ0n) is 13.7. The second-order valence-corrected chi connectivity index (χ2v) is 5.34. The first-order chi connectivity index (χ1) is 11.3. The maximum Gasteiger partial charge on any atom is 0.460 e. The second kappa shape index (κ2) is 9.23. The van der Waals surface area contributed by atoms with Crippen LogP contribution in [-0.2, 0) is 14.3 Å². The summed E-state index contributed by atoms with van der Waals surface area (Å²) >= 11 is 0. The molecule has 25 heavy (non-hydrogen) atoms. The van der Waals surface area contributed by atoms with Crippen molar-refractivity contribution in [3.8, 4) is 0 Å². The lowest BCUT2D eigenvalue weighted by Crippen LogP contribution is -2.61. The monoisotopic (exact) mass is 383 g/mol. The van der Waals surface area contributed by atoms with E-state index < -0.39 is 35.9 Å². The molecule has 0 aliphatic rings. The van der Waals surface area contributed by atoms with Gasteiger partial charge in [0.2, 0.25) is 0 Å². The highest BCUT2D eigenvalue weighted by atomic mass is 19.4. The molecule has 0 aromatic rings. The third-order valence-corrected chi connectivity index (χ3v) is 3.21. The largest absolute Gasteiger partial charge is 0.464 e. The van der Waals surface area contributed by atoms with Crippen molar-refractivity contribution in [2.75, 3.05) is 6.61 Å². The van der Waals surface area contributed by atoms with Crippen LogP contribution in [0, 0.1) is 0 Å². The zero-order chi connectivity index (χ0) is 19.9. The molecular weight excluding hydrogens is 363 g/mol. The summed E-state index contributed by atoms with van der Waals surface area (Å²) in [5.74, 6) is -16.7. The van der Waals surface area contributed by atoms with Crippen molar-refractivity contribution >= 4 is 11.9 Å². The average molecular weight is 383 g/mol. The Morgan fingerprint density at radius 3 is 1.92 bits per heavy atom. The zero-order valence-corrected chi connectivity index (χ0v) is 13.7. The maximum absolute atomic E-state index is 13.3. The molecule has 0 heterocycles. The van der Waals surface area contributed by atoms with Crippen LogP contribution in [0.5, 0.6) is 0 Å². The number of rotatable bonds is 10. The van der Waals surface area contributed by atoms with Gasteiger partial charge in [-0.05, 0) is 12.8 Å². The van der Waals surface area contributed by atoms with Crippen LogP contribution >= 0.6 is 0 Å². The molecule has 11 heteroatoms. The Hall–Kier alpha value is -1.55. The molecule has 0 saturated carbocycles. The summed E-state index contributed by atoms with van der Waals surface area (Å²) in [7, 11) is 0. The lowest BCUT2D eigenvalue weighted by molar-refractivity contribution is -0.344. The molecule has 148 valence electrons. The Morgan fingerprint density at radius 2 is 1.48 bits per heavy atom. The molecule has 0 radical (unpaired) electrons. The van der Waals surface area contributed by atoms with Crippen molar-refractivity contribution in [1.29, 1.82) is 0 Å². The minimum atomic E-state index is -6.63. The van der Waals surface area contributed by atoms with Gasteiger partial charge in [-0.15, -0.1) is 0 Å². The quantitative estimate of drug-likeness (QED) is 0.354. The van der Waals surface area contributed by atoms with Crippen molar-refractivity contribution in [3.63, 3.8) is 0 Å². The first-order valence-electron chi connectivity index (χ1n) is 7.62. The summed E-state index contributed by atoms with van der Waals surface area (Å²) in [5, 5.41) is 1.25. The number of esters is 1. The van der Waals surface area contributed by atoms with Crippen molar-refractivity contribution in [2.45, 2.75) is 70.0 Å². The van der Waals surface area contributed by atoms with Crippen LogP contribution in [0.25, 0.3) is 0 Å². The Bertz CT molecular complexity index is 452. The van der Waals surface area contributed by atoms with E-state index in [1.807, 2.05) is 0 Å². The number of halogens is 7. The number of hydrogen-bond donors (Lipinski definition) is 1. The standard InChI is InChI=1S/C14H20F7NO3/c1-3-5-7-9(10(23)25-8-6-4-2)22-11(24)12(15,16)13(17,18)14(19,20)21/h9H,3-8H2,1-2H3,(H,22,24). The van der Waals surface area contributed by atoms with Gasteiger partial charge >= 0.3 is 24.0 Å². The van der Waals surface area contributed by atoms with E-state index in [1.165, 1.54) is 5.32 Å². The van der Waals surface area contributed by atoms with E-state index in [0.29, 0.717) is 19.3 Å². The lowest BCUT2D eigenvalue weighted by atomic mass is 10.1. The number of ether oxygens (including phenoxy) is 1. The molecule has 0 spiro atoms. The number of amides is 1. The minimum absolute atomic E-state index is 0.0943. The van der Waals surface area contributed by atoms with Gasteiger partial charge in [-0.3, -0.25) is 4.79 Å². The molecule has 0 fully saturated rings. The second-order valence-electron chi connectivity index (χ2n) is 5.34. The summed E-state index contributed by atoms with van der Waals surface area (Å²) in [5.41, 5.74) is 0. The summed E-state index contributed by atoms with van der Waals surface area (Å²) in [6.07, 6.45) is -5.11. The fourth-order valence-corrected chi connectivity index (χ4v) is 1.64. The third-order valence-electron chi connectivity index (χ3n) is 3.21. The Morgan fingerprint density at radius 1 is 0.960 bits per heavy atom. The first-order valence-corrected chi connectivity index (χ1v) is 7.62. The Balaban J connectivity index is 5.20. The van der Waals surface area contributed by atoms with Gasteiger partial charge in [-0.25, -0.2) is 4.79 Å². The smallest absolute Gasteiger partial charge is 0.460 e. The average Bonchev–Trinajstić information content (AvgIpc) is 2.49. The highest BCUT2D eigenvalue weighted by Gasteiger charge is 2.76. The van der Waals surface area contributed by atoms with Gasteiger partial charge in [0, 0.05) is 0 Å². The molecular formula is C14H20F7NO3. The molecule has 0 bridgehead atoms. The summed E-state index contributed by atoms with van der Waals surface area (Å²) in [6, 6.07) is -1.74. The fraction of sp³-hybridized carbons (Fsp3) is 0.857. The minimum Gasteiger partial charge on any atom is -0.464 e. The van der Waals surface area contributed by atoms with Crippen molar-refractivity contribution in [3.05, 3.63) is 0 Å². The van der Waals surface area contributed by atoms with Crippen molar-refractivity contribution in [2.24, 2.45) is 0 Å². The van der Waals surface area contributed by atoms with Gasteiger partial charge in [0.05, 0.1) is 6.61 Å². The number of carbonyl (C=O) groups is 2. The van der Waals surface area contributed by atoms with Crippen LogP contribution in [0.2, 0.25) is 0 Å². The molecule has 1 unspecified atom stereocenters.